The summed E-state index contributed by atoms with van der Waals surface area (Å²) in [6.07, 6.45) is 0. The van der Waals surface area contributed by atoms with Gasteiger partial charge in [-0.05, 0) is 52.9 Å². The van der Waals surface area contributed by atoms with Gasteiger partial charge in [-0.25, -0.2) is 4.79 Å². The van der Waals surface area contributed by atoms with E-state index in [1.54, 1.807) is 42.5 Å². The van der Waals surface area contributed by atoms with Crippen LogP contribution in [0.4, 0.5) is 5.95 Å². The normalized spacial score (nSPS) is 14.9. The Morgan fingerprint density at radius 1 is 1.06 bits per heavy atom. The summed E-state index contributed by atoms with van der Waals surface area (Å²) >= 11 is 5.98. The van der Waals surface area contributed by atoms with Crippen molar-refractivity contribution in [3.63, 3.8) is 0 Å². The van der Waals surface area contributed by atoms with E-state index in [1.165, 1.54) is 26.0 Å². The van der Waals surface area contributed by atoms with Crippen molar-refractivity contribution in [2.75, 3.05) is 26.6 Å². The maximum Gasteiger partial charge on any atom is 0.355 e. The van der Waals surface area contributed by atoms with Gasteiger partial charge >= 0.3 is 5.97 Å². The molecule has 0 unspecified atom stereocenters. The molecule has 1 aromatic heterocycles. The first kappa shape index (κ1) is 21.3. The first-order valence-electron chi connectivity index (χ1n) is 9.38. The maximum atomic E-state index is 13.7. The first-order valence-corrected chi connectivity index (χ1v) is 9.75. The molecule has 2 heterocycles. The number of ketones is 1. The summed E-state index contributed by atoms with van der Waals surface area (Å²) in [5.41, 5.74) is 0.826. The highest BCUT2D eigenvalue weighted by Crippen LogP contribution is 2.41. The quantitative estimate of drug-likeness (QED) is 0.442. The number of tetrazole rings is 1. The van der Waals surface area contributed by atoms with Crippen molar-refractivity contribution in [2.45, 2.75) is 6.04 Å². The van der Waals surface area contributed by atoms with Gasteiger partial charge in [-0.15, -0.1) is 0 Å². The van der Waals surface area contributed by atoms with Crippen molar-refractivity contribution >= 4 is 29.3 Å². The van der Waals surface area contributed by atoms with Crippen LogP contribution in [-0.4, -0.2) is 53.3 Å². The van der Waals surface area contributed by atoms with Crippen molar-refractivity contribution in [1.82, 2.24) is 20.2 Å². The Labute approximate surface area is 187 Å². The molecule has 1 aliphatic rings. The second-order valence-corrected chi connectivity index (χ2v) is 7.14. The molecular formula is C21H18ClN5O5. The largest absolute Gasteiger partial charge is 0.497 e. The lowest BCUT2D eigenvalue weighted by Gasteiger charge is -2.29. The molecule has 0 fully saturated rings. The average molecular weight is 456 g/mol. The zero-order valence-corrected chi connectivity index (χ0v) is 18.1. The molecule has 1 N–H and O–H groups in total. The minimum atomic E-state index is -0.913. The molecule has 0 radical (unpaired) electrons. The zero-order valence-electron chi connectivity index (χ0n) is 17.3. The van der Waals surface area contributed by atoms with Gasteiger partial charge in [0.05, 0.1) is 26.9 Å². The van der Waals surface area contributed by atoms with E-state index in [0.29, 0.717) is 27.6 Å². The molecule has 0 saturated carbocycles. The molecule has 0 aliphatic carbocycles. The Bertz CT molecular complexity index is 1220. The lowest BCUT2D eigenvalue weighted by Crippen LogP contribution is -2.33. The number of anilines is 1. The molecule has 2 aromatic carbocycles. The second kappa shape index (κ2) is 8.67. The fourth-order valence-corrected chi connectivity index (χ4v) is 3.61. The molecule has 32 heavy (non-hydrogen) atoms. The van der Waals surface area contributed by atoms with Crippen LogP contribution in [-0.2, 0) is 9.53 Å². The molecule has 10 nitrogen and oxygen atoms in total. The number of hydrogen-bond acceptors (Lipinski definition) is 9. The smallest absolute Gasteiger partial charge is 0.355 e. The van der Waals surface area contributed by atoms with Crippen LogP contribution < -0.4 is 14.8 Å². The van der Waals surface area contributed by atoms with Crippen LogP contribution in [0.2, 0.25) is 5.02 Å². The summed E-state index contributed by atoms with van der Waals surface area (Å²) in [4.78, 5) is 26.4. The molecule has 0 saturated heterocycles. The highest BCUT2D eigenvalue weighted by Gasteiger charge is 2.40. The van der Waals surface area contributed by atoms with Crippen LogP contribution in [0.5, 0.6) is 11.5 Å². The Morgan fingerprint density at radius 2 is 1.81 bits per heavy atom. The number of aromatic nitrogens is 4. The molecule has 1 aliphatic heterocycles. The summed E-state index contributed by atoms with van der Waals surface area (Å²) < 4.78 is 17.2. The van der Waals surface area contributed by atoms with E-state index in [4.69, 9.17) is 25.8 Å². The lowest BCUT2D eigenvalue weighted by atomic mass is 9.89. The van der Waals surface area contributed by atoms with Crippen LogP contribution in [0.25, 0.3) is 0 Å². The number of Topliss-reactive ketones (excluding diaryl/α,β-unsaturated/α-hetero) is 1. The number of fused-ring (bicyclic) bond motifs is 1. The second-order valence-electron chi connectivity index (χ2n) is 6.70. The third-order valence-corrected chi connectivity index (χ3v) is 5.24. The SMILES string of the molecule is COC(=O)C1=C(C(=O)c2ccc(Cl)cc2)[C@@H](c2cc(OC)ccc2OC)n2nnnc2N1. The van der Waals surface area contributed by atoms with Gasteiger partial charge in [0.2, 0.25) is 5.95 Å². The van der Waals surface area contributed by atoms with Gasteiger partial charge in [0.15, 0.2) is 5.78 Å². The Balaban J connectivity index is 2.00. The monoisotopic (exact) mass is 455 g/mol. The van der Waals surface area contributed by atoms with Crippen molar-refractivity contribution in [2.24, 2.45) is 0 Å². The first-order chi connectivity index (χ1) is 15.5. The van der Waals surface area contributed by atoms with Gasteiger partial charge in [-0.1, -0.05) is 16.7 Å². The molecular weight excluding hydrogens is 438 g/mol. The van der Waals surface area contributed by atoms with Gasteiger partial charge in [0.1, 0.15) is 23.2 Å². The van der Waals surface area contributed by atoms with Crippen molar-refractivity contribution in [1.29, 1.82) is 0 Å². The van der Waals surface area contributed by atoms with Crippen LogP contribution in [0.1, 0.15) is 22.0 Å². The summed E-state index contributed by atoms with van der Waals surface area (Å²) in [6, 6.07) is 10.5. The average Bonchev–Trinajstić information content (AvgIpc) is 3.30. The number of methoxy groups -OCH3 is 3. The van der Waals surface area contributed by atoms with Gasteiger partial charge < -0.3 is 19.5 Å². The van der Waals surface area contributed by atoms with Gasteiger partial charge in [0.25, 0.3) is 0 Å². The Hall–Kier alpha value is -3.92. The molecule has 0 amide bonds. The fraction of sp³-hybridized carbons (Fsp3) is 0.190. The van der Waals surface area contributed by atoms with Crippen LogP contribution in [0.15, 0.2) is 53.7 Å². The molecule has 1 atom stereocenters. The van der Waals surface area contributed by atoms with Gasteiger partial charge in [0, 0.05) is 16.1 Å². The van der Waals surface area contributed by atoms with Crippen molar-refractivity contribution in [3.05, 3.63) is 69.9 Å². The number of ether oxygens (including phenoxy) is 3. The summed E-state index contributed by atoms with van der Waals surface area (Å²) in [5.74, 6) is -0.0569. The standard InChI is InChI=1S/C21H18ClN5O5/c1-30-13-8-9-15(31-2)14(10-13)18-16(19(28)11-4-6-12(22)7-5-11)17(20(29)32-3)23-21-24-25-26-27(18)21/h4-10,18H,1-3H3,(H,23,24,26)/t18-/m1/s1. The Kier molecular flexibility index (Phi) is 5.78. The molecule has 3 aromatic rings. The predicted molar refractivity (Wildman–Crippen MR) is 114 cm³/mol. The summed E-state index contributed by atoms with van der Waals surface area (Å²) in [5, 5.41) is 15.0. The molecule has 0 spiro atoms. The zero-order chi connectivity index (χ0) is 22.8. The lowest BCUT2D eigenvalue weighted by molar-refractivity contribution is -0.136. The third-order valence-electron chi connectivity index (χ3n) is 4.99. The van der Waals surface area contributed by atoms with E-state index in [2.05, 4.69) is 20.8 Å². The van der Waals surface area contributed by atoms with E-state index in [0.717, 1.165) is 0 Å². The number of carbonyl (C=O) groups excluding carboxylic acids is 2. The highest BCUT2D eigenvalue weighted by molar-refractivity contribution is 6.30. The fourth-order valence-electron chi connectivity index (χ4n) is 3.49. The number of carbonyl (C=O) groups is 2. The summed E-state index contributed by atoms with van der Waals surface area (Å²) in [7, 11) is 4.24. The van der Waals surface area contributed by atoms with E-state index in [-0.39, 0.29) is 17.2 Å². The minimum absolute atomic E-state index is 0.0746. The summed E-state index contributed by atoms with van der Waals surface area (Å²) in [6.45, 7) is 0. The third kappa shape index (κ3) is 3.65. The minimum Gasteiger partial charge on any atom is -0.497 e. The Morgan fingerprint density at radius 3 is 2.47 bits per heavy atom. The number of nitrogens with one attached hydrogen (secondary N) is 1. The van der Waals surface area contributed by atoms with E-state index in [1.807, 2.05) is 0 Å². The maximum absolute atomic E-state index is 13.7. The molecule has 11 heteroatoms. The van der Waals surface area contributed by atoms with E-state index < -0.39 is 17.8 Å². The van der Waals surface area contributed by atoms with Gasteiger partial charge in [-0.3, -0.25) is 4.79 Å². The number of benzene rings is 2. The molecule has 0 bridgehead atoms. The van der Waals surface area contributed by atoms with Gasteiger partial charge in [-0.2, -0.15) is 4.68 Å². The van der Waals surface area contributed by atoms with E-state index in [9.17, 15) is 9.59 Å². The number of nitrogens with zero attached hydrogens (tertiary/aromatic N) is 4. The number of rotatable bonds is 6. The van der Waals surface area contributed by atoms with Crippen LogP contribution in [0.3, 0.4) is 0 Å². The van der Waals surface area contributed by atoms with E-state index >= 15 is 0 Å². The van der Waals surface area contributed by atoms with Crippen LogP contribution in [0, 0.1) is 0 Å². The number of allylic oxidation sites excluding steroid dienone is 1. The topological polar surface area (TPSA) is 117 Å². The number of esters is 1. The molecule has 4 rings (SSSR count). The number of halogens is 1. The van der Waals surface area contributed by atoms with Crippen molar-refractivity contribution in [3.8, 4) is 11.5 Å². The highest BCUT2D eigenvalue weighted by atomic mass is 35.5. The predicted octanol–water partition coefficient (Wildman–Crippen LogP) is 2.67. The number of hydrogen-bond donors (Lipinski definition) is 1. The molecule has 164 valence electrons. The van der Waals surface area contributed by atoms with Crippen LogP contribution >= 0.6 is 11.6 Å². The van der Waals surface area contributed by atoms with Crippen molar-refractivity contribution < 1.29 is 23.8 Å².